The predicted molar refractivity (Wildman–Crippen MR) is 287 cm³/mol. The Hall–Kier alpha value is -4.22. The molecule has 370 valence electrons. The van der Waals surface area contributed by atoms with Gasteiger partial charge in [-0.25, -0.2) is 0 Å². The van der Waals surface area contributed by atoms with Crippen LogP contribution in [0, 0.1) is 0 Å². The summed E-state index contributed by atoms with van der Waals surface area (Å²) >= 11 is 0. The van der Waals surface area contributed by atoms with E-state index in [1.165, 1.54) is 70.6 Å². The summed E-state index contributed by atoms with van der Waals surface area (Å²) < 4.78 is 10.6. The van der Waals surface area contributed by atoms with E-state index in [-0.39, 0.29) is 31.6 Å². The smallest absolute Gasteiger partial charge is 0.306 e. The largest absolute Gasteiger partial charge is 0.462 e. The van der Waals surface area contributed by atoms with Crippen molar-refractivity contribution in [1.82, 2.24) is 0 Å². The molecule has 0 radical (unpaired) electrons. The van der Waals surface area contributed by atoms with E-state index in [1.54, 1.807) is 0 Å². The summed E-state index contributed by atoms with van der Waals surface area (Å²) in [4.78, 5) is 24.4. The Balaban J connectivity index is 3.70. The summed E-state index contributed by atoms with van der Waals surface area (Å²) in [5.41, 5.74) is 0. The molecule has 5 heteroatoms. The molecule has 1 unspecified atom stereocenters. The van der Waals surface area contributed by atoms with Gasteiger partial charge in [-0.3, -0.25) is 9.59 Å². The van der Waals surface area contributed by atoms with Crippen LogP contribution in [0.5, 0.6) is 0 Å². The van der Waals surface area contributed by atoms with Crippen LogP contribution in [-0.2, 0) is 19.1 Å². The molecule has 1 atom stereocenters. The van der Waals surface area contributed by atoms with Gasteiger partial charge in [0.15, 0.2) is 6.10 Å². The molecule has 0 amide bonds. The molecule has 0 rings (SSSR count). The van der Waals surface area contributed by atoms with Crippen LogP contribution in [-0.4, -0.2) is 36.4 Å². The molecule has 0 saturated carbocycles. The number of esters is 2. The number of aliphatic hydroxyl groups excluding tert-OH is 1. The van der Waals surface area contributed by atoms with Gasteiger partial charge in [-0.05, 0) is 122 Å². The van der Waals surface area contributed by atoms with E-state index in [1.807, 2.05) is 0 Å². The number of hydrogen-bond donors (Lipinski definition) is 1. The summed E-state index contributed by atoms with van der Waals surface area (Å²) in [6.45, 7) is 3.95. The molecule has 0 aliphatic heterocycles. The molecule has 0 aromatic rings. The lowest BCUT2D eigenvalue weighted by molar-refractivity contribution is -0.161. The SMILES string of the molecule is CC/C=C\C/C=C\C/C=C\C/C=C\C/C=C\C/C=C\C/C=C\C/C=C\C/C=C\C/C=C\CCCCC(=O)OC(CO)COC(=O)CCCCCCCCCCC/C=C\C/C=C\CCCCC. The first-order valence-corrected chi connectivity index (χ1v) is 26.4. The normalized spacial score (nSPS) is 13.4. The molecule has 0 fully saturated rings. The molecule has 0 aliphatic rings. The van der Waals surface area contributed by atoms with Crippen LogP contribution in [0.15, 0.2) is 146 Å². The van der Waals surface area contributed by atoms with Gasteiger partial charge in [-0.15, -0.1) is 0 Å². The minimum atomic E-state index is -0.809. The van der Waals surface area contributed by atoms with Gasteiger partial charge in [0, 0.05) is 12.8 Å². The number of ether oxygens (including phenoxy) is 2. The molecule has 0 spiro atoms. The van der Waals surface area contributed by atoms with Crippen LogP contribution in [0.1, 0.15) is 206 Å². The lowest BCUT2D eigenvalue weighted by Crippen LogP contribution is -2.28. The molecule has 0 bridgehead atoms. The van der Waals surface area contributed by atoms with Crippen molar-refractivity contribution in [3.63, 3.8) is 0 Å². The van der Waals surface area contributed by atoms with Crippen molar-refractivity contribution in [2.24, 2.45) is 0 Å². The Morgan fingerprint density at radius 3 is 1.02 bits per heavy atom. The minimum absolute atomic E-state index is 0.0954. The van der Waals surface area contributed by atoms with E-state index in [0.717, 1.165) is 103 Å². The summed E-state index contributed by atoms with van der Waals surface area (Å²) in [7, 11) is 0. The maximum Gasteiger partial charge on any atom is 0.306 e. The van der Waals surface area contributed by atoms with Crippen LogP contribution in [0.25, 0.3) is 0 Å². The Kier molecular flexibility index (Phi) is 51.6. The number of allylic oxidation sites excluding steroid dienone is 24. The molecule has 0 aliphatic carbocycles. The number of rotatable bonds is 46. The first-order chi connectivity index (χ1) is 32.6. The van der Waals surface area contributed by atoms with E-state index in [2.05, 4.69) is 160 Å². The highest BCUT2D eigenvalue weighted by Gasteiger charge is 2.16. The maximum atomic E-state index is 12.3. The fourth-order valence-electron chi connectivity index (χ4n) is 6.67. The van der Waals surface area contributed by atoms with E-state index in [4.69, 9.17) is 9.47 Å². The number of carbonyl (C=O) groups excluding carboxylic acids is 2. The van der Waals surface area contributed by atoms with Gasteiger partial charge >= 0.3 is 11.9 Å². The average Bonchev–Trinajstić information content (AvgIpc) is 3.32. The highest BCUT2D eigenvalue weighted by Crippen LogP contribution is 2.13. The van der Waals surface area contributed by atoms with Crippen molar-refractivity contribution in [2.75, 3.05) is 13.2 Å². The molecule has 1 N–H and O–H groups in total. The first-order valence-electron chi connectivity index (χ1n) is 26.4. The molecule has 0 aromatic heterocycles. The second kappa shape index (κ2) is 55.1. The van der Waals surface area contributed by atoms with Crippen LogP contribution < -0.4 is 0 Å². The first kappa shape index (κ1) is 61.8. The van der Waals surface area contributed by atoms with Crippen LogP contribution in [0.4, 0.5) is 0 Å². The van der Waals surface area contributed by atoms with Crippen molar-refractivity contribution in [3.8, 4) is 0 Å². The van der Waals surface area contributed by atoms with Crippen molar-refractivity contribution in [3.05, 3.63) is 146 Å². The van der Waals surface area contributed by atoms with Crippen LogP contribution >= 0.6 is 0 Å². The van der Waals surface area contributed by atoms with E-state index < -0.39 is 6.10 Å². The summed E-state index contributed by atoms with van der Waals surface area (Å²) in [6.07, 6.45) is 83.7. The molecular weight excluding hydrogens is 813 g/mol. The number of hydrogen-bond acceptors (Lipinski definition) is 5. The van der Waals surface area contributed by atoms with E-state index in [9.17, 15) is 14.7 Å². The standard InChI is InChI=1S/C61H96O5/c1-3-5-7-9-11-13-15-17-19-21-23-24-25-26-27-28-29-30-31-32-33-34-35-36-38-40-42-44-46-48-50-52-54-56-61(64)66-59(57-62)58-65-60(63)55-53-51-49-47-45-43-41-39-37-22-20-18-16-14-12-10-8-6-4-2/h5,7,11-14,17-20,23-24,26-27,29-30,32-33,35-36,40,42,46,48,59,62H,3-4,6,8-10,15-16,21-22,25,28,31,34,37-39,41,43-45,47,49-58H2,1-2H3/b7-5-,13-11-,14-12-,19-17-,20-18-,24-23-,27-26-,30-29-,33-32-,36-35-,42-40-,48-46-. The fraction of sp³-hybridized carbons (Fsp3) is 0.574. The lowest BCUT2D eigenvalue weighted by Gasteiger charge is -2.15. The van der Waals surface area contributed by atoms with Gasteiger partial charge < -0.3 is 14.6 Å². The van der Waals surface area contributed by atoms with Crippen molar-refractivity contribution in [1.29, 1.82) is 0 Å². The second-order valence-corrected chi connectivity index (χ2v) is 16.9. The Bertz CT molecular complexity index is 1450. The van der Waals surface area contributed by atoms with Crippen molar-refractivity contribution >= 4 is 11.9 Å². The zero-order valence-electron chi connectivity index (χ0n) is 42.1. The Morgan fingerprint density at radius 2 is 0.652 bits per heavy atom. The van der Waals surface area contributed by atoms with Crippen LogP contribution in [0.2, 0.25) is 0 Å². The topological polar surface area (TPSA) is 72.8 Å². The quantitative estimate of drug-likeness (QED) is 0.0374. The predicted octanol–water partition coefficient (Wildman–Crippen LogP) is 17.9. The lowest BCUT2D eigenvalue weighted by atomic mass is 10.1. The van der Waals surface area contributed by atoms with Crippen LogP contribution in [0.3, 0.4) is 0 Å². The van der Waals surface area contributed by atoms with Gasteiger partial charge in [-0.1, -0.05) is 217 Å². The molecule has 0 aromatic carbocycles. The summed E-state index contributed by atoms with van der Waals surface area (Å²) in [5, 5.41) is 9.62. The number of aliphatic hydroxyl groups is 1. The van der Waals surface area contributed by atoms with E-state index >= 15 is 0 Å². The molecular formula is C61H96O5. The molecule has 0 saturated heterocycles. The van der Waals surface area contributed by atoms with Crippen molar-refractivity contribution < 1.29 is 24.2 Å². The minimum Gasteiger partial charge on any atom is -0.462 e. The zero-order chi connectivity index (χ0) is 47.7. The van der Waals surface area contributed by atoms with E-state index in [0.29, 0.717) is 12.8 Å². The molecule has 66 heavy (non-hydrogen) atoms. The van der Waals surface area contributed by atoms with Gasteiger partial charge in [-0.2, -0.15) is 0 Å². The number of unbranched alkanes of at least 4 members (excludes halogenated alkanes) is 14. The monoisotopic (exact) mass is 909 g/mol. The molecule has 0 heterocycles. The highest BCUT2D eigenvalue weighted by atomic mass is 16.6. The van der Waals surface area contributed by atoms with Gasteiger partial charge in [0.2, 0.25) is 0 Å². The summed E-state index contributed by atoms with van der Waals surface area (Å²) in [6, 6.07) is 0. The van der Waals surface area contributed by atoms with Gasteiger partial charge in [0.1, 0.15) is 6.61 Å². The third-order valence-corrected chi connectivity index (χ3v) is 10.6. The zero-order valence-corrected chi connectivity index (χ0v) is 42.1. The number of carbonyl (C=O) groups is 2. The maximum absolute atomic E-state index is 12.3. The Morgan fingerprint density at radius 1 is 0.364 bits per heavy atom. The third kappa shape index (κ3) is 52.4. The molecule has 5 nitrogen and oxygen atoms in total. The van der Waals surface area contributed by atoms with Gasteiger partial charge in [0.25, 0.3) is 0 Å². The summed E-state index contributed by atoms with van der Waals surface area (Å²) in [5.74, 6) is -0.658. The Labute approximate surface area is 406 Å². The average molecular weight is 909 g/mol. The third-order valence-electron chi connectivity index (χ3n) is 10.6. The fourth-order valence-corrected chi connectivity index (χ4v) is 6.67. The van der Waals surface area contributed by atoms with Crippen molar-refractivity contribution in [2.45, 2.75) is 213 Å². The highest BCUT2D eigenvalue weighted by molar-refractivity contribution is 5.70. The second-order valence-electron chi connectivity index (χ2n) is 16.9. The van der Waals surface area contributed by atoms with Gasteiger partial charge in [0.05, 0.1) is 6.61 Å².